The molecule has 6 rings (SSSR count). The van der Waals surface area contributed by atoms with Gasteiger partial charge in [-0.3, -0.25) is 9.59 Å². The number of rotatable bonds is 6. The number of carbonyl (C=O) groups is 3. The lowest BCUT2D eigenvalue weighted by Crippen LogP contribution is -2.65. The number of halogens is 1. The van der Waals surface area contributed by atoms with Crippen LogP contribution in [-0.4, -0.2) is 59.4 Å². The van der Waals surface area contributed by atoms with Gasteiger partial charge in [-0.15, -0.1) is 0 Å². The third-order valence-corrected chi connectivity index (χ3v) is 9.60. The van der Waals surface area contributed by atoms with Crippen molar-refractivity contribution in [2.75, 3.05) is 31.5 Å². The van der Waals surface area contributed by atoms with Gasteiger partial charge in [-0.1, -0.05) is 13.8 Å². The first-order valence-corrected chi connectivity index (χ1v) is 14.4. The normalized spacial score (nSPS) is 33.7. The molecule has 4 amide bonds. The van der Waals surface area contributed by atoms with Gasteiger partial charge in [0.1, 0.15) is 5.82 Å². The van der Waals surface area contributed by atoms with Gasteiger partial charge in [0, 0.05) is 37.3 Å². The van der Waals surface area contributed by atoms with Crippen molar-refractivity contribution in [2.24, 2.45) is 22.7 Å². The number of piperidine rings is 1. The summed E-state index contributed by atoms with van der Waals surface area (Å²) in [7, 11) is 0. The Morgan fingerprint density at radius 1 is 1.05 bits per heavy atom. The number of hydrogen-bond acceptors (Lipinski definition) is 3. The fourth-order valence-electron chi connectivity index (χ4n) is 9.07. The number of hydrogen-bond donors (Lipinski definition) is 2. The van der Waals surface area contributed by atoms with Crippen LogP contribution in [0, 0.1) is 28.5 Å². The van der Waals surface area contributed by atoms with Crippen molar-refractivity contribution in [3.8, 4) is 0 Å². The van der Waals surface area contributed by atoms with E-state index in [9.17, 15) is 14.4 Å². The fraction of sp³-hybridized carbons (Fsp3) is 0.700. The van der Waals surface area contributed by atoms with Crippen LogP contribution in [0.15, 0.2) is 18.2 Å². The summed E-state index contributed by atoms with van der Waals surface area (Å²) < 4.78 is 15.1. The third kappa shape index (κ3) is 5.15. The average molecular weight is 527 g/mol. The monoisotopic (exact) mass is 526 g/mol. The van der Waals surface area contributed by atoms with Crippen LogP contribution in [0.2, 0.25) is 0 Å². The second kappa shape index (κ2) is 9.83. The molecule has 1 aliphatic heterocycles. The number of nitrogens with zero attached hydrogens (tertiary/aromatic N) is 2. The fourth-order valence-corrected chi connectivity index (χ4v) is 9.07. The summed E-state index contributed by atoms with van der Waals surface area (Å²) in [6.45, 7) is 10.8. The predicted molar refractivity (Wildman–Crippen MR) is 145 cm³/mol. The molecule has 4 bridgehead atoms. The van der Waals surface area contributed by atoms with E-state index in [2.05, 4.69) is 24.5 Å². The minimum Gasteiger partial charge on any atom is -0.343 e. The zero-order valence-electron chi connectivity index (χ0n) is 23.4. The van der Waals surface area contributed by atoms with Gasteiger partial charge in [0.15, 0.2) is 0 Å². The van der Waals surface area contributed by atoms with E-state index in [1.807, 2.05) is 13.8 Å². The van der Waals surface area contributed by atoms with Crippen molar-refractivity contribution in [2.45, 2.75) is 84.6 Å². The number of carbonyl (C=O) groups excluding carboxylic acids is 3. The molecule has 1 saturated heterocycles. The van der Waals surface area contributed by atoms with E-state index in [1.165, 1.54) is 31.4 Å². The van der Waals surface area contributed by atoms with Crippen LogP contribution in [-0.2, 0) is 4.79 Å². The van der Waals surface area contributed by atoms with Crippen molar-refractivity contribution in [1.29, 1.82) is 0 Å². The molecule has 0 radical (unpaired) electrons. The lowest BCUT2D eigenvalue weighted by Gasteiger charge is -2.65. The highest BCUT2D eigenvalue weighted by Gasteiger charge is 2.60. The van der Waals surface area contributed by atoms with Gasteiger partial charge >= 0.3 is 6.03 Å². The molecule has 2 N–H and O–H groups in total. The maximum atomic E-state index is 15.1. The van der Waals surface area contributed by atoms with E-state index in [-0.39, 0.29) is 51.4 Å². The van der Waals surface area contributed by atoms with Crippen molar-refractivity contribution < 1.29 is 18.8 Å². The van der Waals surface area contributed by atoms with Gasteiger partial charge in [0.05, 0.1) is 11.6 Å². The molecule has 4 saturated carbocycles. The lowest BCUT2D eigenvalue weighted by molar-refractivity contribution is -0.136. The largest absolute Gasteiger partial charge is 0.343 e. The minimum absolute atomic E-state index is 0.0643. The van der Waals surface area contributed by atoms with Gasteiger partial charge in [-0.25, -0.2) is 9.18 Å². The Kier molecular flexibility index (Phi) is 6.97. The summed E-state index contributed by atoms with van der Waals surface area (Å²) in [5, 5.41) is 5.95. The van der Waals surface area contributed by atoms with E-state index < -0.39 is 5.82 Å². The Morgan fingerprint density at radius 2 is 1.74 bits per heavy atom. The highest BCUT2D eigenvalue weighted by molar-refractivity contribution is 5.96. The topological polar surface area (TPSA) is 81.8 Å². The SMILES string of the molecule is CCN(CC)C(=O)[C@H]1CCCN(C(=O)c2ccc(NC(=O)NC34CC5C[C@@](C)(C3)C[C@](C)(C5)C4)c(F)c2)C1. The zero-order valence-corrected chi connectivity index (χ0v) is 23.4. The summed E-state index contributed by atoms with van der Waals surface area (Å²) in [4.78, 5) is 42.5. The van der Waals surface area contributed by atoms with Crippen LogP contribution in [0.1, 0.15) is 89.4 Å². The quantitative estimate of drug-likeness (QED) is 0.520. The smallest absolute Gasteiger partial charge is 0.319 e. The molecule has 8 heteroatoms. The van der Waals surface area contributed by atoms with Crippen molar-refractivity contribution in [3.63, 3.8) is 0 Å². The molecule has 7 nitrogen and oxygen atoms in total. The van der Waals surface area contributed by atoms with Crippen LogP contribution in [0.3, 0.4) is 0 Å². The van der Waals surface area contributed by atoms with Crippen molar-refractivity contribution in [1.82, 2.24) is 15.1 Å². The number of nitrogens with one attached hydrogen (secondary N) is 2. The summed E-state index contributed by atoms with van der Waals surface area (Å²) in [6, 6.07) is 3.84. The molecule has 5 aliphatic rings. The molecule has 208 valence electrons. The zero-order chi connectivity index (χ0) is 27.3. The summed E-state index contributed by atoms with van der Waals surface area (Å²) in [5.41, 5.74) is 0.587. The molecule has 2 unspecified atom stereocenters. The maximum absolute atomic E-state index is 15.1. The summed E-state index contributed by atoms with van der Waals surface area (Å²) in [5.74, 6) is -0.432. The first kappa shape index (κ1) is 26.9. The van der Waals surface area contributed by atoms with Crippen molar-refractivity contribution in [3.05, 3.63) is 29.6 Å². The molecule has 0 aromatic heterocycles. The molecule has 0 spiro atoms. The van der Waals surface area contributed by atoms with Gasteiger partial charge in [-0.2, -0.15) is 0 Å². The third-order valence-electron chi connectivity index (χ3n) is 9.60. The van der Waals surface area contributed by atoms with Crippen LogP contribution >= 0.6 is 0 Å². The Balaban J connectivity index is 1.22. The standard InChI is InChI=1S/C30H43FN4O3/c1-5-34(6-2)26(37)22-8-7-11-35(16-22)25(36)21-9-10-24(23(31)12-21)32-27(38)33-30-15-20-13-28(3,18-30)17-29(4,14-20)19-30/h9-10,12,20,22H,5-8,11,13-19H2,1-4H3,(H2,32,33,38)/t20?,22-,28-,29+,30?/m0/s1. The highest BCUT2D eigenvalue weighted by Crippen LogP contribution is 2.66. The van der Waals surface area contributed by atoms with Crippen LogP contribution < -0.4 is 10.6 Å². The van der Waals surface area contributed by atoms with E-state index in [4.69, 9.17) is 0 Å². The van der Waals surface area contributed by atoms with Gasteiger partial charge < -0.3 is 20.4 Å². The molecular formula is C30H43FN4O3. The Hall–Kier alpha value is -2.64. The molecule has 1 aromatic rings. The second-order valence-electron chi connectivity index (χ2n) is 13.3. The highest BCUT2D eigenvalue weighted by atomic mass is 19.1. The van der Waals surface area contributed by atoms with Crippen LogP contribution in [0.4, 0.5) is 14.9 Å². The molecular weight excluding hydrogens is 483 g/mol. The summed E-state index contributed by atoms with van der Waals surface area (Å²) >= 11 is 0. The van der Waals surface area contributed by atoms with Gasteiger partial charge in [0.2, 0.25) is 5.91 Å². The van der Waals surface area contributed by atoms with E-state index in [0.717, 1.165) is 32.1 Å². The van der Waals surface area contributed by atoms with E-state index in [0.29, 0.717) is 32.1 Å². The number of amides is 4. The number of anilines is 1. The first-order valence-electron chi connectivity index (χ1n) is 14.4. The summed E-state index contributed by atoms with van der Waals surface area (Å²) in [6.07, 6.45) is 8.13. The maximum Gasteiger partial charge on any atom is 0.319 e. The Bertz CT molecular complexity index is 1100. The van der Waals surface area contributed by atoms with Gasteiger partial charge in [0.25, 0.3) is 5.91 Å². The minimum atomic E-state index is -0.636. The molecule has 1 heterocycles. The number of urea groups is 1. The molecule has 4 aliphatic carbocycles. The lowest BCUT2D eigenvalue weighted by atomic mass is 9.43. The average Bonchev–Trinajstić information content (AvgIpc) is 2.83. The molecule has 5 atom stereocenters. The molecule has 1 aromatic carbocycles. The molecule has 5 fully saturated rings. The van der Waals surface area contributed by atoms with E-state index in [1.54, 1.807) is 15.9 Å². The van der Waals surface area contributed by atoms with Crippen LogP contribution in [0.5, 0.6) is 0 Å². The Morgan fingerprint density at radius 3 is 2.34 bits per heavy atom. The first-order chi connectivity index (χ1) is 18.0. The number of likely N-dealkylation sites (tertiary alicyclic amines) is 1. The van der Waals surface area contributed by atoms with Crippen LogP contribution in [0.25, 0.3) is 0 Å². The van der Waals surface area contributed by atoms with Gasteiger partial charge in [-0.05, 0) is 100 Å². The van der Waals surface area contributed by atoms with Crippen molar-refractivity contribution >= 4 is 23.5 Å². The second-order valence-corrected chi connectivity index (χ2v) is 13.3. The van der Waals surface area contributed by atoms with E-state index >= 15 is 4.39 Å². The predicted octanol–water partition coefficient (Wildman–Crippen LogP) is 5.42. The number of benzene rings is 1. The molecule has 38 heavy (non-hydrogen) atoms. The Labute approximate surface area is 225 Å².